The highest BCUT2D eigenvalue weighted by Crippen LogP contribution is 2.32. The van der Waals surface area contributed by atoms with E-state index >= 15 is 0 Å². The molecule has 1 aliphatic heterocycles. The first kappa shape index (κ1) is 13.5. The Hall–Kier alpha value is 0.0500. The number of hydrogen-bond acceptors (Lipinski definition) is 4. The molecule has 1 saturated heterocycles. The number of nitrogens with one attached hydrogen (secondary N) is 1. The molecular weight excluding hydrogens is 374 g/mol. The van der Waals surface area contributed by atoms with Crippen LogP contribution in [0, 0.1) is 0 Å². The number of thiophene rings is 1. The van der Waals surface area contributed by atoms with E-state index < -0.39 is 5.60 Å². The fourth-order valence-corrected chi connectivity index (χ4v) is 3.48. The van der Waals surface area contributed by atoms with Crippen LogP contribution in [-0.2, 0) is 4.74 Å². The zero-order valence-corrected chi connectivity index (χ0v) is 12.8. The molecule has 1 aliphatic rings. The predicted molar refractivity (Wildman–Crippen MR) is 72.4 cm³/mol. The van der Waals surface area contributed by atoms with E-state index in [1.165, 1.54) is 11.3 Å². The monoisotopic (exact) mass is 383 g/mol. The third kappa shape index (κ3) is 3.29. The van der Waals surface area contributed by atoms with Crippen LogP contribution in [0.1, 0.15) is 16.1 Å². The summed E-state index contributed by atoms with van der Waals surface area (Å²) in [6, 6.07) is 1.75. The van der Waals surface area contributed by atoms with E-state index in [1.54, 1.807) is 6.07 Å². The molecule has 0 bridgehead atoms. The Morgan fingerprint density at radius 1 is 1.65 bits per heavy atom. The molecule has 1 aromatic rings. The fourth-order valence-electron chi connectivity index (χ4n) is 1.53. The highest BCUT2D eigenvalue weighted by atomic mass is 79.9. The summed E-state index contributed by atoms with van der Waals surface area (Å²) in [4.78, 5) is 12.4. The minimum Gasteiger partial charge on any atom is -0.386 e. The van der Waals surface area contributed by atoms with E-state index in [2.05, 4.69) is 37.2 Å². The molecule has 0 radical (unpaired) electrons. The van der Waals surface area contributed by atoms with Crippen molar-refractivity contribution in [3.8, 4) is 0 Å². The van der Waals surface area contributed by atoms with Gasteiger partial charge in [0.25, 0.3) is 5.91 Å². The van der Waals surface area contributed by atoms with Crippen molar-refractivity contribution in [1.29, 1.82) is 0 Å². The quantitative estimate of drug-likeness (QED) is 0.839. The Kier molecular flexibility index (Phi) is 4.25. The first-order valence-corrected chi connectivity index (χ1v) is 7.44. The molecule has 2 N–H and O–H groups in total. The van der Waals surface area contributed by atoms with Gasteiger partial charge >= 0.3 is 0 Å². The van der Waals surface area contributed by atoms with Gasteiger partial charge in [0.1, 0.15) is 5.60 Å². The van der Waals surface area contributed by atoms with Crippen LogP contribution in [0.4, 0.5) is 0 Å². The second kappa shape index (κ2) is 5.36. The average Bonchev–Trinajstić information content (AvgIpc) is 2.85. The van der Waals surface area contributed by atoms with Crippen molar-refractivity contribution in [2.75, 3.05) is 19.8 Å². The van der Waals surface area contributed by atoms with Crippen molar-refractivity contribution in [3.63, 3.8) is 0 Å². The van der Waals surface area contributed by atoms with Crippen LogP contribution in [0.2, 0.25) is 0 Å². The van der Waals surface area contributed by atoms with Gasteiger partial charge in [-0.15, -0.1) is 11.3 Å². The second-order valence-corrected chi connectivity index (χ2v) is 7.17. The summed E-state index contributed by atoms with van der Waals surface area (Å²) in [6.45, 7) is 1.05. The lowest BCUT2D eigenvalue weighted by Crippen LogP contribution is -2.43. The number of amides is 1. The van der Waals surface area contributed by atoms with Crippen molar-refractivity contribution < 1.29 is 14.6 Å². The van der Waals surface area contributed by atoms with Gasteiger partial charge in [0.05, 0.1) is 15.3 Å². The van der Waals surface area contributed by atoms with Crippen LogP contribution in [0.3, 0.4) is 0 Å². The second-order valence-electron chi connectivity index (χ2n) is 3.94. The zero-order chi connectivity index (χ0) is 12.5. The smallest absolute Gasteiger partial charge is 0.261 e. The minimum atomic E-state index is -0.915. The van der Waals surface area contributed by atoms with Gasteiger partial charge in [-0.2, -0.15) is 0 Å². The van der Waals surface area contributed by atoms with E-state index in [9.17, 15) is 9.90 Å². The van der Waals surface area contributed by atoms with E-state index in [1.807, 2.05) is 0 Å². The number of ether oxygens (including phenoxy) is 1. The van der Waals surface area contributed by atoms with E-state index in [-0.39, 0.29) is 19.1 Å². The Morgan fingerprint density at radius 3 is 2.94 bits per heavy atom. The summed E-state index contributed by atoms with van der Waals surface area (Å²) < 4.78 is 6.84. The number of rotatable bonds is 3. The lowest BCUT2D eigenvalue weighted by atomic mass is 10.0. The molecule has 0 spiro atoms. The molecule has 1 aromatic heterocycles. The molecule has 2 heterocycles. The molecule has 94 valence electrons. The lowest BCUT2D eigenvalue weighted by Gasteiger charge is -2.20. The molecule has 1 fully saturated rings. The average molecular weight is 385 g/mol. The normalized spacial score (nSPS) is 23.9. The lowest BCUT2D eigenvalue weighted by molar-refractivity contribution is 0.0265. The molecule has 2 rings (SSSR count). The first-order valence-electron chi connectivity index (χ1n) is 5.03. The molecule has 17 heavy (non-hydrogen) atoms. The molecule has 1 atom stereocenters. The van der Waals surface area contributed by atoms with E-state index in [0.29, 0.717) is 17.9 Å². The van der Waals surface area contributed by atoms with Crippen LogP contribution in [0.15, 0.2) is 14.3 Å². The maximum atomic E-state index is 11.8. The third-order valence-electron chi connectivity index (χ3n) is 2.53. The van der Waals surface area contributed by atoms with Gasteiger partial charge in [0.15, 0.2) is 0 Å². The van der Waals surface area contributed by atoms with Gasteiger partial charge in [-0.25, -0.2) is 0 Å². The van der Waals surface area contributed by atoms with Crippen LogP contribution in [-0.4, -0.2) is 36.4 Å². The van der Waals surface area contributed by atoms with Gasteiger partial charge in [0, 0.05) is 24.0 Å². The zero-order valence-electron chi connectivity index (χ0n) is 8.83. The molecule has 0 aromatic carbocycles. The third-order valence-corrected chi connectivity index (χ3v) is 5.78. The predicted octanol–water partition coefficient (Wildman–Crippen LogP) is 2.15. The van der Waals surface area contributed by atoms with Gasteiger partial charge in [-0.05, 0) is 37.9 Å². The van der Waals surface area contributed by atoms with Gasteiger partial charge < -0.3 is 15.2 Å². The number of halogens is 2. The van der Waals surface area contributed by atoms with Gasteiger partial charge in [-0.1, -0.05) is 0 Å². The summed E-state index contributed by atoms with van der Waals surface area (Å²) in [6.07, 6.45) is 0.561. The van der Waals surface area contributed by atoms with Crippen LogP contribution in [0.25, 0.3) is 0 Å². The number of carbonyl (C=O) groups is 1. The Morgan fingerprint density at radius 2 is 2.41 bits per heavy atom. The number of hydrogen-bond donors (Lipinski definition) is 2. The summed E-state index contributed by atoms with van der Waals surface area (Å²) in [5.41, 5.74) is -0.915. The number of carbonyl (C=O) groups excluding carboxylic acids is 1. The van der Waals surface area contributed by atoms with Crippen LogP contribution in [0.5, 0.6) is 0 Å². The molecule has 7 heteroatoms. The highest BCUT2D eigenvalue weighted by Gasteiger charge is 2.32. The maximum Gasteiger partial charge on any atom is 0.261 e. The van der Waals surface area contributed by atoms with Crippen molar-refractivity contribution >= 4 is 49.1 Å². The van der Waals surface area contributed by atoms with Gasteiger partial charge in [-0.3, -0.25) is 4.79 Å². The highest BCUT2D eigenvalue weighted by molar-refractivity contribution is 9.13. The first-order chi connectivity index (χ1) is 8.00. The van der Waals surface area contributed by atoms with Crippen LogP contribution >= 0.6 is 43.2 Å². The minimum absolute atomic E-state index is 0.179. The van der Waals surface area contributed by atoms with Crippen LogP contribution < -0.4 is 5.32 Å². The van der Waals surface area contributed by atoms with E-state index in [0.717, 1.165) is 8.26 Å². The van der Waals surface area contributed by atoms with Gasteiger partial charge in [0.2, 0.25) is 0 Å². The van der Waals surface area contributed by atoms with E-state index in [4.69, 9.17) is 4.74 Å². The Labute approximate surface area is 120 Å². The maximum absolute atomic E-state index is 11.8. The molecule has 0 saturated carbocycles. The Bertz CT molecular complexity index is 410. The topological polar surface area (TPSA) is 58.6 Å². The van der Waals surface area contributed by atoms with Crippen molar-refractivity contribution in [2.24, 2.45) is 0 Å². The summed E-state index contributed by atoms with van der Waals surface area (Å²) in [5, 5.41) is 12.7. The molecule has 1 unspecified atom stereocenters. The Balaban J connectivity index is 1.93. The standard InChI is InChI=1S/C10H11Br2NO3S/c11-6-3-7(17-8(6)12)9(14)13-4-10(15)1-2-16-5-10/h3,15H,1-2,4-5H2,(H,13,14). The largest absolute Gasteiger partial charge is 0.386 e. The van der Waals surface area contributed by atoms with Crippen molar-refractivity contribution in [1.82, 2.24) is 5.32 Å². The summed E-state index contributed by atoms with van der Waals surface area (Å²) in [5.74, 6) is -0.179. The number of aliphatic hydroxyl groups is 1. The summed E-state index contributed by atoms with van der Waals surface area (Å²) >= 11 is 8.01. The SMILES string of the molecule is O=C(NCC1(O)CCOC1)c1cc(Br)c(Br)s1. The molecule has 1 amide bonds. The fraction of sp³-hybridized carbons (Fsp3) is 0.500. The summed E-state index contributed by atoms with van der Waals surface area (Å²) in [7, 11) is 0. The van der Waals surface area contributed by atoms with Crippen molar-refractivity contribution in [3.05, 3.63) is 19.2 Å². The van der Waals surface area contributed by atoms with Crippen molar-refractivity contribution in [2.45, 2.75) is 12.0 Å². The molecule has 4 nitrogen and oxygen atoms in total. The molecule has 0 aliphatic carbocycles. The molecular formula is C10H11Br2NO3S.